The first kappa shape index (κ1) is 18.1. The molecule has 10 heteroatoms. The Kier molecular flexibility index (Phi) is 4.77. The highest BCUT2D eigenvalue weighted by Crippen LogP contribution is 2.27. The second kappa shape index (κ2) is 6.87. The van der Waals surface area contributed by atoms with Gasteiger partial charge in [-0.05, 0) is 35.2 Å². The standard InChI is InChI=1S/C16H10F5N3OS/c17-11-2-1-10(6-12(11)18)22-15(25)13-5-9(8-26-13)7-24-4-3-14(23-24)16(19,20)21/h1-6,8H,7H2,(H,22,25). The fourth-order valence-corrected chi connectivity index (χ4v) is 2.93. The largest absolute Gasteiger partial charge is 0.435 e. The number of hydrogen-bond acceptors (Lipinski definition) is 3. The van der Waals surface area contributed by atoms with Crippen molar-refractivity contribution in [3.8, 4) is 0 Å². The van der Waals surface area contributed by atoms with Gasteiger partial charge in [0.2, 0.25) is 0 Å². The normalized spacial score (nSPS) is 11.6. The number of rotatable bonds is 4. The van der Waals surface area contributed by atoms with Gasteiger partial charge in [0.05, 0.1) is 11.4 Å². The van der Waals surface area contributed by atoms with Crippen LogP contribution in [0.4, 0.5) is 27.6 Å². The van der Waals surface area contributed by atoms with Gasteiger partial charge in [-0.2, -0.15) is 18.3 Å². The van der Waals surface area contributed by atoms with Crippen molar-refractivity contribution in [3.05, 3.63) is 69.7 Å². The molecule has 0 saturated carbocycles. The molecular weight excluding hydrogens is 377 g/mol. The highest BCUT2D eigenvalue weighted by molar-refractivity contribution is 7.12. The van der Waals surface area contributed by atoms with E-state index in [1.807, 2.05) is 0 Å². The molecule has 0 aliphatic heterocycles. The Hall–Kier alpha value is -2.75. The van der Waals surface area contributed by atoms with Crippen LogP contribution in [0, 0.1) is 11.6 Å². The monoisotopic (exact) mass is 387 g/mol. The molecule has 1 N–H and O–H groups in total. The quantitative estimate of drug-likeness (QED) is 0.668. The van der Waals surface area contributed by atoms with Crippen LogP contribution >= 0.6 is 11.3 Å². The van der Waals surface area contributed by atoms with Crippen molar-refractivity contribution >= 4 is 22.9 Å². The number of nitrogens with one attached hydrogen (secondary N) is 1. The highest BCUT2D eigenvalue weighted by atomic mass is 32.1. The molecule has 0 spiro atoms. The average Bonchev–Trinajstić information content (AvgIpc) is 3.20. The summed E-state index contributed by atoms with van der Waals surface area (Å²) in [7, 11) is 0. The Balaban J connectivity index is 1.68. The lowest BCUT2D eigenvalue weighted by molar-refractivity contribution is -0.141. The molecule has 0 saturated heterocycles. The molecule has 1 amide bonds. The van der Waals surface area contributed by atoms with E-state index < -0.39 is 29.4 Å². The second-order valence-corrected chi connectivity index (χ2v) is 6.21. The summed E-state index contributed by atoms with van der Waals surface area (Å²) < 4.78 is 64.7. The molecule has 2 heterocycles. The Labute approximate surface area is 147 Å². The van der Waals surface area contributed by atoms with E-state index in [-0.39, 0.29) is 17.1 Å². The number of carbonyl (C=O) groups excluding carboxylic acids is 1. The first-order chi connectivity index (χ1) is 12.2. The van der Waals surface area contributed by atoms with Crippen LogP contribution in [-0.2, 0) is 12.7 Å². The molecule has 0 aliphatic carbocycles. The van der Waals surface area contributed by atoms with Gasteiger partial charge in [0.15, 0.2) is 17.3 Å². The van der Waals surface area contributed by atoms with Crippen molar-refractivity contribution in [1.29, 1.82) is 0 Å². The lowest BCUT2D eigenvalue weighted by Crippen LogP contribution is -2.10. The molecule has 0 aliphatic rings. The smallest absolute Gasteiger partial charge is 0.321 e. The van der Waals surface area contributed by atoms with Gasteiger partial charge in [-0.25, -0.2) is 8.78 Å². The maximum absolute atomic E-state index is 13.2. The number of thiophene rings is 1. The summed E-state index contributed by atoms with van der Waals surface area (Å²) in [6, 6.07) is 5.32. The van der Waals surface area contributed by atoms with Gasteiger partial charge in [-0.1, -0.05) is 0 Å². The van der Waals surface area contributed by atoms with Crippen LogP contribution in [0.3, 0.4) is 0 Å². The van der Waals surface area contributed by atoms with E-state index in [4.69, 9.17) is 0 Å². The van der Waals surface area contributed by atoms with Crippen LogP contribution in [0.15, 0.2) is 41.9 Å². The molecule has 0 fully saturated rings. The van der Waals surface area contributed by atoms with Crippen molar-refractivity contribution in [2.75, 3.05) is 5.32 Å². The fraction of sp³-hybridized carbons (Fsp3) is 0.125. The van der Waals surface area contributed by atoms with Crippen molar-refractivity contribution in [2.24, 2.45) is 0 Å². The zero-order valence-electron chi connectivity index (χ0n) is 12.8. The number of anilines is 1. The van der Waals surface area contributed by atoms with E-state index in [1.165, 1.54) is 18.3 Å². The average molecular weight is 387 g/mol. The van der Waals surface area contributed by atoms with E-state index >= 15 is 0 Å². The third-order valence-electron chi connectivity index (χ3n) is 3.33. The third kappa shape index (κ3) is 4.07. The molecule has 4 nitrogen and oxygen atoms in total. The lowest BCUT2D eigenvalue weighted by Gasteiger charge is -2.04. The maximum Gasteiger partial charge on any atom is 0.435 e. The summed E-state index contributed by atoms with van der Waals surface area (Å²) in [5, 5.41) is 7.46. The number of benzene rings is 1. The SMILES string of the molecule is O=C(Nc1ccc(F)c(F)c1)c1cc(Cn2ccc(C(F)(F)F)n2)cs1. The van der Waals surface area contributed by atoms with Crippen LogP contribution in [-0.4, -0.2) is 15.7 Å². The molecule has 0 radical (unpaired) electrons. The van der Waals surface area contributed by atoms with E-state index in [1.54, 1.807) is 5.38 Å². The first-order valence-corrected chi connectivity index (χ1v) is 8.05. The number of nitrogens with zero attached hydrogens (tertiary/aromatic N) is 2. The molecule has 3 rings (SSSR count). The van der Waals surface area contributed by atoms with E-state index in [9.17, 15) is 26.7 Å². The lowest BCUT2D eigenvalue weighted by atomic mass is 10.2. The Morgan fingerprint density at radius 3 is 2.58 bits per heavy atom. The van der Waals surface area contributed by atoms with E-state index in [2.05, 4.69) is 10.4 Å². The van der Waals surface area contributed by atoms with Crippen molar-refractivity contribution < 1.29 is 26.7 Å². The van der Waals surface area contributed by atoms with Crippen LogP contribution in [0.1, 0.15) is 20.9 Å². The molecular formula is C16H10F5N3OS. The Morgan fingerprint density at radius 1 is 1.15 bits per heavy atom. The Bertz CT molecular complexity index is 948. The van der Waals surface area contributed by atoms with E-state index in [0.717, 1.165) is 34.2 Å². The van der Waals surface area contributed by atoms with Crippen molar-refractivity contribution in [2.45, 2.75) is 12.7 Å². The second-order valence-electron chi connectivity index (χ2n) is 5.30. The van der Waals surface area contributed by atoms with Crippen LogP contribution in [0.25, 0.3) is 0 Å². The van der Waals surface area contributed by atoms with Crippen molar-refractivity contribution in [1.82, 2.24) is 9.78 Å². The van der Waals surface area contributed by atoms with Gasteiger partial charge in [0.1, 0.15) is 0 Å². The molecule has 136 valence electrons. The molecule has 0 atom stereocenters. The highest BCUT2D eigenvalue weighted by Gasteiger charge is 2.33. The Morgan fingerprint density at radius 2 is 1.92 bits per heavy atom. The molecule has 26 heavy (non-hydrogen) atoms. The first-order valence-electron chi connectivity index (χ1n) is 7.17. The number of carbonyl (C=O) groups is 1. The summed E-state index contributed by atoms with van der Waals surface area (Å²) in [6.45, 7) is 0.0606. The fourth-order valence-electron chi connectivity index (χ4n) is 2.13. The van der Waals surface area contributed by atoms with Gasteiger partial charge >= 0.3 is 6.18 Å². The number of halogens is 5. The minimum Gasteiger partial charge on any atom is -0.321 e. The number of amides is 1. The predicted octanol–water partition coefficient (Wildman–Crippen LogP) is 4.54. The van der Waals surface area contributed by atoms with Gasteiger partial charge in [-0.15, -0.1) is 11.3 Å². The summed E-state index contributed by atoms with van der Waals surface area (Å²) >= 11 is 1.07. The predicted molar refractivity (Wildman–Crippen MR) is 85.0 cm³/mol. The zero-order valence-corrected chi connectivity index (χ0v) is 13.7. The third-order valence-corrected chi connectivity index (χ3v) is 4.31. The summed E-state index contributed by atoms with van der Waals surface area (Å²) in [5.74, 6) is -2.66. The van der Waals surface area contributed by atoms with Crippen LogP contribution in [0.2, 0.25) is 0 Å². The topological polar surface area (TPSA) is 46.9 Å². The van der Waals surface area contributed by atoms with E-state index in [0.29, 0.717) is 5.56 Å². The molecule has 2 aromatic heterocycles. The maximum atomic E-state index is 13.2. The van der Waals surface area contributed by atoms with Gasteiger partial charge in [-0.3, -0.25) is 9.48 Å². The van der Waals surface area contributed by atoms with Gasteiger partial charge < -0.3 is 5.32 Å². The number of hydrogen-bond donors (Lipinski definition) is 1. The number of alkyl halides is 3. The van der Waals surface area contributed by atoms with Crippen molar-refractivity contribution in [3.63, 3.8) is 0 Å². The minimum atomic E-state index is -4.52. The minimum absolute atomic E-state index is 0.0606. The molecule has 0 unspecified atom stereocenters. The van der Waals surface area contributed by atoms with Gasteiger partial charge in [0, 0.05) is 18.0 Å². The summed E-state index contributed by atoms with van der Waals surface area (Å²) in [5.41, 5.74) is -0.322. The summed E-state index contributed by atoms with van der Waals surface area (Å²) in [6.07, 6.45) is -3.32. The number of aromatic nitrogens is 2. The zero-order chi connectivity index (χ0) is 18.9. The molecule has 3 aromatic rings. The van der Waals surface area contributed by atoms with Gasteiger partial charge in [0.25, 0.3) is 5.91 Å². The molecule has 1 aromatic carbocycles. The van der Waals surface area contributed by atoms with Crippen LogP contribution < -0.4 is 5.32 Å². The van der Waals surface area contributed by atoms with Crippen LogP contribution in [0.5, 0.6) is 0 Å². The summed E-state index contributed by atoms with van der Waals surface area (Å²) in [4.78, 5) is 12.4. The molecule has 0 bridgehead atoms.